The van der Waals surface area contributed by atoms with Gasteiger partial charge in [0, 0.05) is 45.7 Å². The van der Waals surface area contributed by atoms with E-state index in [2.05, 4.69) is 4.90 Å². The van der Waals surface area contributed by atoms with E-state index in [4.69, 9.17) is 51.1 Å². The smallest absolute Gasteiger partial charge is 0.311 e. The highest BCUT2D eigenvalue weighted by molar-refractivity contribution is 6.42. The molecule has 212 valence electrons. The van der Waals surface area contributed by atoms with Crippen LogP contribution in [0, 0.1) is 5.92 Å². The van der Waals surface area contributed by atoms with Crippen molar-refractivity contribution in [1.29, 1.82) is 0 Å². The number of benzene rings is 2. The highest BCUT2D eigenvalue weighted by atomic mass is 35.5. The maximum atomic E-state index is 13.3. The lowest BCUT2D eigenvalue weighted by molar-refractivity contribution is -0.142. The van der Waals surface area contributed by atoms with E-state index in [9.17, 15) is 14.4 Å². The van der Waals surface area contributed by atoms with Crippen molar-refractivity contribution in [2.24, 2.45) is 5.92 Å². The minimum Gasteiger partial charge on any atom is -0.426 e. The van der Waals surface area contributed by atoms with Crippen molar-refractivity contribution in [3.05, 3.63) is 62.1 Å². The molecule has 7 nitrogen and oxygen atoms in total. The fraction of sp³-hybridized carbons (Fsp3) is 0.444. The van der Waals surface area contributed by atoms with E-state index in [1.54, 1.807) is 42.2 Å². The van der Waals surface area contributed by atoms with Crippen molar-refractivity contribution in [1.82, 2.24) is 14.7 Å². The lowest BCUT2D eigenvalue weighted by Crippen LogP contribution is -2.59. The first-order valence-electron chi connectivity index (χ1n) is 12.5. The summed E-state index contributed by atoms with van der Waals surface area (Å²) < 4.78 is 5.44. The molecule has 39 heavy (non-hydrogen) atoms. The van der Waals surface area contributed by atoms with Crippen molar-refractivity contribution < 1.29 is 19.1 Å². The van der Waals surface area contributed by atoms with Gasteiger partial charge in [-0.25, -0.2) is 0 Å². The van der Waals surface area contributed by atoms with Gasteiger partial charge in [-0.3, -0.25) is 14.4 Å². The van der Waals surface area contributed by atoms with E-state index in [1.165, 1.54) is 6.07 Å². The van der Waals surface area contributed by atoms with Crippen LogP contribution in [0.25, 0.3) is 0 Å². The zero-order valence-electron chi connectivity index (χ0n) is 21.4. The molecule has 0 radical (unpaired) electrons. The van der Waals surface area contributed by atoms with Gasteiger partial charge in [0.05, 0.1) is 39.0 Å². The maximum absolute atomic E-state index is 13.3. The third kappa shape index (κ3) is 8.62. The Morgan fingerprint density at radius 3 is 2.26 bits per heavy atom. The predicted octanol–water partition coefficient (Wildman–Crippen LogP) is 5.64. The third-order valence-corrected chi connectivity index (χ3v) is 8.48. The van der Waals surface area contributed by atoms with Crippen LogP contribution in [-0.2, 0) is 20.8 Å². The molecule has 2 aromatic carbocycles. The molecule has 0 spiro atoms. The van der Waals surface area contributed by atoms with E-state index in [0.717, 1.165) is 18.5 Å². The third-order valence-electron chi connectivity index (χ3n) is 7.00. The van der Waals surface area contributed by atoms with Crippen LogP contribution < -0.4 is 4.74 Å². The van der Waals surface area contributed by atoms with Crippen molar-refractivity contribution in [3.8, 4) is 5.75 Å². The van der Waals surface area contributed by atoms with Gasteiger partial charge in [-0.1, -0.05) is 52.5 Å². The number of carbonyl (C=O) groups excluding carboxylic acids is 3. The molecule has 2 unspecified atom stereocenters. The van der Waals surface area contributed by atoms with E-state index < -0.39 is 0 Å². The average Bonchev–Trinajstić information content (AvgIpc) is 3.30. The molecule has 2 amide bonds. The summed E-state index contributed by atoms with van der Waals surface area (Å²) in [6.07, 6.45) is 1.33. The molecule has 0 aliphatic carbocycles. The minimum absolute atomic E-state index is 0. The van der Waals surface area contributed by atoms with Gasteiger partial charge in [-0.2, -0.15) is 0 Å². The number of carbonyl (C=O) groups is 3. The summed E-state index contributed by atoms with van der Waals surface area (Å²) >= 11 is 24.1. The SMILES string of the molecule is CC(=O)N1CCN(C(=O)Cc2ccc(Cl)c(Cl)c2)C(CN2CCC(CC(=O)Oc3ccc(Cl)c(Cl)c3)C2)C1.Cl. The Hall–Kier alpha value is -1.74. The highest BCUT2D eigenvalue weighted by Crippen LogP contribution is 2.28. The van der Waals surface area contributed by atoms with Crippen molar-refractivity contribution in [2.75, 3.05) is 39.3 Å². The standard InChI is InChI=1S/C27H29Cl4N3O4.ClH/c1-17(35)33-8-9-34(26(36)11-18-2-4-22(28)24(30)10-18)20(16-33)15-32-7-6-19(14-32)12-27(37)38-21-3-5-23(29)25(31)13-21;/h2-5,10,13,19-20H,6-9,11-12,14-16H2,1H3;1H. The Morgan fingerprint density at radius 2 is 1.59 bits per heavy atom. The number of likely N-dealkylation sites (tertiary alicyclic amines) is 1. The number of hydrogen-bond donors (Lipinski definition) is 0. The lowest BCUT2D eigenvalue weighted by atomic mass is 10.1. The van der Waals surface area contributed by atoms with Crippen LogP contribution in [0.5, 0.6) is 5.75 Å². The quantitative estimate of drug-likeness (QED) is 0.290. The van der Waals surface area contributed by atoms with Gasteiger partial charge in [0.1, 0.15) is 5.75 Å². The number of halogens is 5. The fourth-order valence-electron chi connectivity index (χ4n) is 5.04. The summed E-state index contributed by atoms with van der Waals surface area (Å²) in [5, 5.41) is 1.58. The van der Waals surface area contributed by atoms with Crippen molar-refractivity contribution in [2.45, 2.75) is 32.2 Å². The van der Waals surface area contributed by atoms with Crippen LogP contribution in [0.2, 0.25) is 20.1 Å². The first-order valence-corrected chi connectivity index (χ1v) is 14.0. The van der Waals surface area contributed by atoms with E-state index in [0.29, 0.717) is 58.6 Å². The molecule has 2 fully saturated rings. The van der Waals surface area contributed by atoms with Gasteiger partial charge in [0.25, 0.3) is 0 Å². The van der Waals surface area contributed by atoms with Crippen molar-refractivity contribution >= 4 is 76.6 Å². The Kier molecular flexibility index (Phi) is 11.6. The Morgan fingerprint density at radius 1 is 0.897 bits per heavy atom. The number of piperazine rings is 1. The molecule has 0 bridgehead atoms. The van der Waals surface area contributed by atoms with Crippen LogP contribution in [0.4, 0.5) is 0 Å². The van der Waals surface area contributed by atoms with Gasteiger partial charge >= 0.3 is 5.97 Å². The highest BCUT2D eigenvalue weighted by Gasteiger charge is 2.35. The molecule has 2 aliphatic rings. The first-order chi connectivity index (χ1) is 18.1. The summed E-state index contributed by atoms with van der Waals surface area (Å²) in [5.41, 5.74) is 0.791. The predicted molar refractivity (Wildman–Crippen MR) is 156 cm³/mol. The van der Waals surface area contributed by atoms with Gasteiger partial charge < -0.3 is 19.4 Å². The second-order valence-corrected chi connectivity index (χ2v) is 11.4. The molecular weight excluding hydrogens is 608 g/mol. The second kappa shape index (κ2) is 14.2. The molecule has 0 saturated carbocycles. The summed E-state index contributed by atoms with van der Waals surface area (Å²) in [6, 6.07) is 9.78. The number of rotatable bonds is 7. The van der Waals surface area contributed by atoms with Gasteiger partial charge in [-0.05, 0) is 48.7 Å². The Balaban J connectivity index is 0.00000420. The van der Waals surface area contributed by atoms with E-state index in [1.807, 2.05) is 4.90 Å². The second-order valence-electron chi connectivity index (χ2n) is 9.80. The van der Waals surface area contributed by atoms with Crippen LogP contribution in [0.3, 0.4) is 0 Å². The number of hydrogen-bond acceptors (Lipinski definition) is 5. The average molecular weight is 638 g/mol. The number of esters is 1. The molecule has 0 aromatic heterocycles. The molecule has 2 atom stereocenters. The summed E-state index contributed by atoms with van der Waals surface area (Å²) in [5.74, 6) is 0.155. The lowest BCUT2D eigenvalue weighted by Gasteiger charge is -2.42. The van der Waals surface area contributed by atoms with E-state index >= 15 is 0 Å². The normalized spacial score (nSPS) is 19.5. The zero-order chi connectivity index (χ0) is 27.4. The molecule has 0 N–H and O–H groups in total. The summed E-state index contributed by atoms with van der Waals surface area (Å²) in [6.45, 7) is 5.13. The molecule has 12 heteroatoms. The number of nitrogens with zero attached hydrogens (tertiary/aromatic N) is 3. The van der Waals surface area contributed by atoms with Crippen LogP contribution >= 0.6 is 58.8 Å². The Bertz CT molecular complexity index is 1210. The monoisotopic (exact) mass is 635 g/mol. The largest absolute Gasteiger partial charge is 0.426 e. The fourth-order valence-corrected chi connectivity index (χ4v) is 5.65. The van der Waals surface area contributed by atoms with Gasteiger partial charge in [0.2, 0.25) is 11.8 Å². The summed E-state index contributed by atoms with van der Waals surface area (Å²) in [7, 11) is 0. The topological polar surface area (TPSA) is 70.2 Å². The van der Waals surface area contributed by atoms with Gasteiger partial charge in [0.15, 0.2) is 0 Å². The molecule has 4 rings (SSSR count). The van der Waals surface area contributed by atoms with E-state index in [-0.39, 0.29) is 55.0 Å². The molecule has 2 heterocycles. The first kappa shape index (κ1) is 31.8. The van der Waals surface area contributed by atoms with Crippen LogP contribution in [0.1, 0.15) is 25.3 Å². The van der Waals surface area contributed by atoms with Crippen LogP contribution in [-0.4, -0.2) is 77.8 Å². The minimum atomic E-state index is -0.325. The van der Waals surface area contributed by atoms with Crippen molar-refractivity contribution in [3.63, 3.8) is 0 Å². The number of ether oxygens (including phenoxy) is 1. The molecule has 2 aliphatic heterocycles. The maximum Gasteiger partial charge on any atom is 0.311 e. The summed E-state index contributed by atoms with van der Waals surface area (Å²) in [4.78, 5) is 43.8. The van der Waals surface area contributed by atoms with Crippen LogP contribution in [0.15, 0.2) is 36.4 Å². The molecule has 2 saturated heterocycles. The molecule has 2 aromatic rings. The number of amides is 2. The molecular formula is C27H30Cl5N3O4. The Labute approximate surface area is 254 Å². The van der Waals surface area contributed by atoms with Gasteiger partial charge in [-0.15, -0.1) is 12.4 Å². The zero-order valence-corrected chi connectivity index (χ0v) is 25.2.